The van der Waals surface area contributed by atoms with E-state index in [9.17, 15) is 8.42 Å². The summed E-state index contributed by atoms with van der Waals surface area (Å²) >= 11 is 1.56. The van der Waals surface area contributed by atoms with Crippen LogP contribution in [0.15, 0.2) is 77.0 Å². The van der Waals surface area contributed by atoms with Gasteiger partial charge in [0.25, 0.3) is 10.0 Å². The van der Waals surface area contributed by atoms with Crippen LogP contribution in [0.2, 0.25) is 0 Å². The van der Waals surface area contributed by atoms with Crippen molar-refractivity contribution in [3.05, 3.63) is 72.1 Å². The maximum Gasteiger partial charge on any atom is 0.262 e. The van der Waals surface area contributed by atoms with E-state index in [-0.39, 0.29) is 4.90 Å². The lowest BCUT2D eigenvalue weighted by atomic mass is 10.1. The Labute approximate surface area is 198 Å². The number of hydrogen-bond acceptors (Lipinski definition) is 8. The van der Waals surface area contributed by atoms with Crippen molar-refractivity contribution in [3.63, 3.8) is 0 Å². The summed E-state index contributed by atoms with van der Waals surface area (Å²) in [5.41, 5.74) is 2.44. The summed E-state index contributed by atoms with van der Waals surface area (Å²) in [6.07, 6.45) is 0. The number of nitrogens with zero attached hydrogens (tertiary/aromatic N) is 4. The molecule has 11 heteroatoms. The van der Waals surface area contributed by atoms with Crippen LogP contribution in [0, 0.1) is 0 Å². The Bertz CT molecular complexity index is 1610. The highest BCUT2D eigenvalue weighted by atomic mass is 32.2. The topological polar surface area (TPSA) is 108 Å². The van der Waals surface area contributed by atoms with Gasteiger partial charge in [-0.2, -0.15) is 9.61 Å². The van der Waals surface area contributed by atoms with Gasteiger partial charge in [-0.25, -0.2) is 8.42 Å². The molecule has 0 atom stereocenters. The van der Waals surface area contributed by atoms with E-state index in [0.29, 0.717) is 47.6 Å². The number of rotatable bonds is 5. The van der Waals surface area contributed by atoms with Gasteiger partial charge in [-0.3, -0.25) is 4.72 Å². The van der Waals surface area contributed by atoms with Crippen molar-refractivity contribution in [3.8, 4) is 33.5 Å². The van der Waals surface area contributed by atoms with Gasteiger partial charge in [-0.05, 0) is 47.8 Å². The fourth-order valence-electron chi connectivity index (χ4n) is 3.65. The molecule has 3 aromatic heterocycles. The number of thiophene rings is 1. The van der Waals surface area contributed by atoms with E-state index in [1.54, 1.807) is 40.1 Å². The zero-order valence-electron chi connectivity index (χ0n) is 17.6. The highest BCUT2D eigenvalue weighted by molar-refractivity contribution is 7.92. The molecule has 0 unspecified atom stereocenters. The maximum atomic E-state index is 13.0. The van der Waals surface area contributed by atoms with Crippen LogP contribution in [0.5, 0.6) is 11.5 Å². The molecule has 0 saturated heterocycles. The molecular formula is C23H17N5O4S2. The molecule has 6 rings (SSSR count). The predicted molar refractivity (Wildman–Crippen MR) is 128 cm³/mol. The van der Waals surface area contributed by atoms with Crippen molar-refractivity contribution in [2.75, 3.05) is 17.9 Å². The second kappa shape index (κ2) is 8.12. The lowest BCUT2D eigenvalue weighted by Gasteiger charge is -2.19. The molecule has 0 amide bonds. The smallest absolute Gasteiger partial charge is 0.262 e. The van der Waals surface area contributed by atoms with Crippen molar-refractivity contribution in [2.24, 2.45) is 0 Å². The van der Waals surface area contributed by atoms with Crippen LogP contribution in [0.3, 0.4) is 0 Å². The van der Waals surface area contributed by atoms with E-state index in [0.717, 1.165) is 10.4 Å². The molecule has 0 bridgehead atoms. The van der Waals surface area contributed by atoms with Gasteiger partial charge in [0.1, 0.15) is 13.2 Å². The van der Waals surface area contributed by atoms with Gasteiger partial charge in [0, 0.05) is 17.3 Å². The molecule has 1 aliphatic rings. The second-order valence-corrected chi connectivity index (χ2v) is 10.1. The number of nitrogens with one attached hydrogen (secondary N) is 1. The van der Waals surface area contributed by atoms with Crippen LogP contribution in [0.4, 0.5) is 5.69 Å². The first-order valence-electron chi connectivity index (χ1n) is 10.4. The highest BCUT2D eigenvalue weighted by Gasteiger charge is 2.20. The van der Waals surface area contributed by atoms with Crippen molar-refractivity contribution < 1.29 is 17.9 Å². The molecule has 0 fully saturated rings. The summed E-state index contributed by atoms with van der Waals surface area (Å²) in [5, 5.41) is 15.1. The van der Waals surface area contributed by atoms with E-state index in [1.165, 1.54) is 12.1 Å². The van der Waals surface area contributed by atoms with E-state index < -0.39 is 10.0 Å². The van der Waals surface area contributed by atoms with Gasteiger partial charge >= 0.3 is 0 Å². The van der Waals surface area contributed by atoms with Crippen LogP contribution in [-0.4, -0.2) is 41.4 Å². The molecule has 0 saturated carbocycles. The van der Waals surface area contributed by atoms with Gasteiger partial charge in [0.2, 0.25) is 0 Å². The average molecular weight is 492 g/mol. The molecule has 9 nitrogen and oxygen atoms in total. The molecule has 170 valence electrons. The minimum Gasteiger partial charge on any atom is -0.486 e. The summed E-state index contributed by atoms with van der Waals surface area (Å²) in [6, 6.07) is 19.2. The Morgan fingerprint density at radius 1 is 0.912 bits per heavy atom. The zero-order valence-corrected chi connectivity index (χ0v) is 19.2. The van der Waals surface area contributed by atoms with Crippen molar-refractivity contribution in [1.29, 1.82) is 0 Å². The molecule has 34 heavy (non-hydrogen) atoms. The predicted octanol–water partition coefficient (Wildman–Crippen LogP) is 4.09. The fourth-order valence-corrected chi connectivity index (χ4v) is 5.41. The number of ether oxygens (including phenoxy) is 2. The third-order valence-corrected chi connectivity index (χ3v) is 7.48. The SMILES string of the molecule is O=S(=O)(Nc1cccc(-c2ccc3nnc(-c4cccs4)n3n2)c1)c1ccc2c(c1)OCCO2. The van der Waals surface area contributed by atoms with E-state index in [4.69, 9.17) is 14.6 Å². The molecular weight excluding hydrogens is 474 g/mol. The minimum absolute atomic E-state index is 0.0896. The average Bonchev–Trinajstić information content (AvgIpc) is 3.53. The molecule has 1 N–H and O–H groups in total. The number of hydrogen-bond donors (Lipinski definition) is 1. The molecule has 0 aliphatic carbocycles. The number of aromatic nitrogens is 4. The Morgan fingerprint density at radius 3 is 2.65 bits per heavy atom. The third kappa shape index (κ3) is 3.74. The van der Waals surface area contributed by atoms with Gasteiger partial charge in [-0.15, -0.1) is 21.5 Å². The molecule has 1 aliphatic heterocycles. The monoisotopic (exact) mass is 491 g/mol. The number of benzene rings is 2. The minimum atomic E-state index is -3.84. The van der Waals surface area contributed by atoms with E-state index in [1.807, 2.05) is 35.7 Å². The van der Waals surface area contributed by atoms with Crippen LogP contribution >= 0.6 is 11.3 Å². The first kappa shape index (κ1) is 20.6. The van der Waals surface area contributed by atoms with Crippen LogP contribution in [0.25, 0.3) is 27.6 Å². The summed E-state index contributed by atoms with van der Waals surface area (Å²) < 4.78 is 41.3. The Morgan fingerprint density at radius 2 is 1.79 bits per heavy atom. The third-order valence-electron chi connectivity index (χ3n) is 5.24. The molecule has 2 aromatic carbocycles. The lowest BCUT2D eigenvalue weighted by molar-refractivity contribution is 0.171. The second-order valence-electron chi connectivity index (χ2n) is 7.48. The van der Waals surface area contributed by atoms with Crippen LogP contribution < -0.4 is 14.2 Å². The number of fused-ring (bicyclic) bond motifs is 2. The van der Waals surface area contributed by atoms with Gasteiger partial charge < -0.3 is 9.47 Å². The van der Waals surface area contributed by atoms with E-state index >= 15 is 0 Å². The van der Waals surface area contributed by atoms with Crippen molar-refractivity contribution >= 4 is 32.7 Å². The summed E-state index contributed by atoms with van der Waals surface area (Å²) in [4.78, 5) is 1.05. The summed E-state index contributed by atoms with van der Waals surface area (Å²) in [7, 11) is -3.84. The largest absolute Gasteiger partial charge is 0.486 e. The highest BCUT2D eigenvalue weighted by Crippen LogP contribution is 2.33. The van der Waals surface area contributed by atoms with Gasteiger partial charge in [0.15, 0.2) is 23.0 Å². The lowest BCUT2D eigenvalue weighted by Crippen LogP contribution is -2.17. The number of anilines is 1. The van der Waals surface area contributed by atoms with Crippen molar-refractivity contribution in [2.45, 2.75) is 4.90 Å². The van der Waals surface area contributed by atoms with E-state index in [2.05, 4.69) is 14.9 Å². The zero-order chi connectivity index (χ0) is 23.1. The summed E-state index contributed by atoms with van der Waals surface area (Å²) in [6.45, 7) is 0.817. The Kier molecular flexibility index (Phi) is 4.93. The quantitative estimate of drug-likeness (QED) is 0.394. The molecule has 4 heterocycles. The summed E-state index contributed by atoms with van der Waals surface area (Å²) in [5.74, 6) is 1.60. The first-order valence-corrected chi connectivity index (χ1v) is 12.7. The molecule has 0 radical (unpaired) electrons. The van der Waals surface area contributed by atoms with Gasteiger partial charge in [0.05, 0.1) is 15.5 Å². The van der Waals surface area contributed by atoms with Gasteiger partial charge in [-0.1, -0.05) is 18.2 Å². The van der Waals surface area contributed by atoms with Crippen LogP contribution in [0.1, 0.15) is 0 Å². The first-order chi connectivity index (χ1) is 16.6. The standard InChI is InChI=1S/C23H17N5O4S2/c29-34(30,17-6-8-19-20(14-17)32-11-10-31-19)27-16-4-1-3-15(13-16)18-7-9-22-24-25-23(28(22)26-18)21-5-2-12-33-21/h1-9,12-14,27H,10-11H2. The number of sulfonamides is 1. The molecule has 0 spiro atoms. The maximum absolute atomic E-state index is 13.0. The molecule has 5 aromatic rings. The fraction of sp³-hybridized carbons (Fsp3) is 0.0870. The normalized spacial score (nSPS) is 13.2. The Hall–Kier alpha value is -3.96. The van der Waals surface area contributed by atoms with Crippen molar-refractivity contribution in [1.82, 2.24) is 19.8 Å². The Balaban J connectivity index is 1.32. The van der Waals surface area contributed by atoms with Crippen LogP contribution in [-0.2, 0) is 10.0 Å².